The van der Waals surface area contributed by atoms with Gasteiger partial charge in [-0.2, -0.15) is 0 Å². The average Bonchev–Trinajstić information content (AvgIpc) is 2.15. The Kier molecular flexibility index (Phi) is 4.07. The highest BCUT2D eigenvalue weighted by molar-refractivity contribution is 6.28. The minimum Gasteiger partial charge on any atom is -0.385 e. The fourth-order valence-corrected chi connectivity index (χ4v) is 1.11. The molecular formula is C11H16ClN5. The molecule has 17 heavy (non-hydrogen) atoms. The first-order valence-electron chi connectivity index (χ1n) is 5.11. The lowest BCUT2D eigenvalue weighted by Gasteiger charge is -2.17. The third-order valence-electron chi connectivity index (χ3n) is 2.01. The summed E-state index contributed by atoms with van der Waals surface area (Å²) in [4.78, 5) is 7.69. The van der Waals surface area contributed by atoms with Crippen molar-refractivity contribution in [1.82, 2.24) is 9.97 Å². The molecule has 0 saturated heterocycles. The Bertz CT molecular complexity index is 447. The van der Waals surface area contributed by atoms with Gasteiger partial charge in [0, 0.05) is 17.3 Å². The normalized spacial score (nSPS) is 12.4. The summed E-state index contributed by atoms with van der Waals surface area (Å²) in [6, 6.07) is 1.65. The highest BCUT2D eigenvalue weighted by Gasteiger charge is 2.15. The molecule has 1 rings (SSSR count). The van der Waals surface area contributed by atoms with Crippen LogP contribution in [0.1, 0.15) is 20.8 Å². The van der Waals surface area contributed by atoms with E-state index in [1.54, 1.807) is 12.1 Å². The number of allylic oxidation sites excluding steroid dienone is 1. The van der Waals surface area contributed by atoms with Crippen LogP contribution in [0, 0.1) is 10.8 Å². The van der Waals surface area contributed by atoms with E-state index in [0.29, 0.717) is 17.4 Å². The van der Waals surface area contributed by atoms with Crippen LogP contribution in [0.2, 0.25) is 5.28 Å². The SMILES string of the molecule is CC(C)(C)C(=N)/C=C(/N)Nc1ccnc(Cl)n1. The topological polar surface area (TPSA) is 87.7 Å². The van der Waals surface area contributed by atoms with Gasteiger partial charge in [-0.25, -0.2) is 9.97 Å². The van der Waals surface area contributed by atoms with E-state index < -0.39 is 0 Å². The average molecular weight is 254 g/mol. The second kappa shape index (κ2) is 5.14. The molecule has 1 heterocycles. The third kappa shape index (κ3) is 4.40. The molecule has 0 bridgehead atoms. The highest BCUT2D eigenvalue weighted by atomic mass is 35.5. The zero-order valence-electron chi connectivity index (χ0n) is 10.1. The van der Waals surface area contributed by atoms with Gasteiger partial charge in [0.25, 0.3) is 0 Å². The summed E-state index contributed by atoms with van der Waals surface area (Å²) in [5.41, 5.74) is 5.95. The molecule has 4 N–H and O–H groups in total. The molecule has 1 aromatic rings. The van der Waals surface area contributed by atoms with Gasteiger partial charge in [-0.05, 0) is 23.7 Å². The Balaban J connectivity index is 2.76. The molecule has 1 aromatic heterocycles. The number of hydrogen-bond donors (Lipinski definition) is 3. The van der Waals surface area contributed by atoms with Gasteiger partial charge in [0.1, 0.15) is 11.6 Å². The van der Waals surface area contributed by atoms with E-state index in [-0.39, 0.29) is 10.7 Å². The quantitative estimate of drug-likeness (QED) is 0.570. The van der Waals surface area contributed by atoms with Crippen molar-refractivity contribution in [3.63, 3.8) is 0 Å². The smallest absolute Gasteiger partial charge is 0.224 e. The lowest BCUT2D eigenvalue weighted by atomic mass is 9.90. The summed E-state index contributed by atoms with van der Waals surface area (Å²) in [6.07, 6.45) is 3.09. The van der Waals surface area contributed by atoms with Gasteiger partial charge in [0.05, 0.1) is 0 Å². The fourth-order valence-electron chi connectivity index (χ4n) is 0.960. The van der Waals surface area contributed by atoms with Crippen molar-refractivity contribution in [3.05, 3.63) is 29.4 Å². The van der Waals surface area contributed by atoms with Crippen molar-refractivity contribution in [2.75, 3.05) is 5.32 Å². The predicted octanol–water partition coefficient (Wildman–Crippen LogP) is 2.41. The molecule has 0 saturated carbocycles. The Morgan fingerprint density at radius 3 is 2.71 bits per heavy atom. The van der Waals surface area contributed by atoms with E-state index in [1.165, 1.54) is 6.20 Å². The summed E-state index contributed by atoms with van der Waals surface area (Å²) in [5.74, 6) is 0.847. The molecule has 6 heteroatoms. The Labute approximate surface area is 106 Å². The largest absolute Gasteiger partial charge is 0.385 e. The van der Waals surface area contributed by atoms with Gasteiger partial charge in [-0.1, -0.05) is 20.8 Å². The van der Waals surface area contributed by atoms with Crippen LogP contribution in [0.5, 0.6) is 0 Å². The maximum atomic E-state index is 7.82. The predicted molar refractivity (Wildman–Crippen MR) is 70.1 cm³/mol. The summed E-state index contributed by atoms with van der Waals surface area (Å²) in [7, 11) is 0. The summed E-state index contributed by atoms with van der Waals surface area (Å²) in [5, 5.41) is 10.8. The van der Waals surface area contributed by atoms with Gasteiger partial charge < -0.3 is 16.5 Å². The van der Waals surface area contributed by atoms with Crippen molar-refractivity contribution < 1.29 is 0 Å². The van der Waals surface area contributed by atoms with Crippen LogP contribution in [0.25, 0.3) is 0 Å². The second-order valence-corrected chi connectivity index (χ2v) is 4.94. The van der Waals surface area contributed by atoms with Crippen LogP contribution in [0.4, 0.5) is 5.82 Å². The van der Waals surface area contributed by atoms with Crippen molar-refractivity contribution >= 4 is 23.1 Å². The number of nitrogens with zero attached hydrogens (tertiary/aromatic N) is 2. The fraction of sp³-hybridized carbons (Fsp3) is 0.364. The Morgan fingerprint density at radius 2 is 2.18 bits per heavy atom. The molecule has 0 aliphatic carbocycles. The van der Waals surface area contributed by atoms with Crippen LogP contribution in [0.3, 0.4) is 0 Å². The lowest BCUT2D eigenvalue weighted by Crippen LogP contribution is -2.20. The van der Waals surface area contributed by atoms with Crippen molar-refractivity contribution in [2.24, 2.45) is 11.1 Å². The number of aromatic nitrogens is 2. The van der Waals surface area contributed by atoms with Crippen LogP contribution in [-0.4, -0.2) is 15.7 Å². The van der Waals surface area contributed by atoms with E-state index in [1.807, 2.05) is 20.8 Å². The first-order chi connectivity index (χ1) is 7.79. The first-order valence-corrected chi connectivity index (χ1v) is 5.48. The Morgan fingerprint density at radius 1 is 1.53 bits per heavy atom. The number of halogens is 1. The zero-order valence-corrected chi connectivity index (χ0v) is 10.8. The van der Waals surface area contributed by atoms with Crippen molar-refractivity contribution in [3.8, 4) is 0 Å². The standard InChI is InChI=1S/C11H16ClN5/c1-11(2,3)7(13)6-8(14)16-9-4-5-15-10(12)17-9/h4-6,13H,14H2,1-3H3,(H,15,16,17)/b8-6-,13-7?. The molecular weight excluding hydrogens is 238 g/mol. The van der Waals surface area contributed by atoms with Crippen LogP contribution in [-0.2, 0) is 0 Å². The zero-order chi connectivity index (χ0) is 13.1. The monoisotopic (exact) mass is 253 g/mol. The maximum Gasteiger partial charge on any atom is 0.224 e. The van der Waals surface area contributed by atoms with Crippen LogP contribution in [0.15, 0.2) is 24.2 Å². The van der Waals surface area contributed by atoms with Gasteiger partial charge >= 0.3 is 0 Å². The number of rotatable bonds is 3. The lowest BCUT2D eigenvalue weighted by molar-refractivity contribution is 0.590. The minimum absolute atomic E-state index is 0.147. The first kappa shape index (κ1) is 13.4. The molecule has 0 unspecified atom stereocenters. The summed E-state index contributed by atoms with van der Waals surface area (Å²) >= 11 is 5.64. The van der Waals surface area contributed by atoms with Gasteiger partial charge in [-0.3, -0.25) is 0 Å². The number of nitrogens with two attached hydrogens (primary N) is 1. The van der Waals surface area contributed by atoms with Gasteiger partial charge in [0.2, 0.25) is 5.28 Å². The van der Waals surface area contributed by atoms with Gasteiger partial charge in [-0.15, -0.1) is 0 Å². The van der Waals surface area contributed by atoms with E-state index in [9.17, 15) is 0 Å². The number of anilines is 1. The molecule has 0 amide bonds. The highest BCUT2D eigenvalue weighted by Crippen LogP contribution is 2.16. The molecule has 0 radical (unpaired) electrons. The molecule has 0 spiro atoms. The molecule has 5 nitrogen and oxygen atoms in total. The van der Waals surface area contributed by atoms with Crippen LogP contribution >= 0.6 is 11.6 Å². The molecule has 92 valence electrons. The second-order valence-electron chi connectivity index (χ2n) is 4.60. The van der Waals surface area contributed by atoms with E-state index in [4.69, 9.17) is 22.7 Å². The molecule has 0 aliphatic rings. The molecule has 0 aliphatic heterocycles. The Hall–Kier alpha value is -1.62. The van der Waals surface area contributed by atoms with E-state index in [0.717, 1.165) is 0 Å². The van der Waals surface area contributed by atoms with E-state index in [2.05, 4.69) is 15.3 Å². The summed E-state index contributed by atoms with van der Waals surface area (Å²) < 4.78 is 0. The van der Waals surface area contributed by atoms with Gasteiger partial charge in [0.15, 0.2) is 0 Å². The molecule has 0 fully saturated rings. The van der Waals surface area contributed by atoms with Crippen molar-refractivity contribution in [1.29, 1.82) is 5.41 Å². The third-order valence-corrected chi connectivity index (χ3v) is 2.19. The van der Waals surface area contributed by atoms with Crippen LogP contribution < -0.4 is 11.1 Å². The molecule has 0 aromatic carbocycles. The number of nitrogens with one attached hydrogen (secondary N) is 2. The van der Waals surface area contributed by atoms with Crippen molar-refractivity contribution in [2.45, 2.75) is 20.8 Å². The summed E-state index contributed by atoms with van der Waals surface area (Å²) in [6.45, 7) is 5.84. The number of hydrogen-bond acceptors (Lipinski definition) is 5. The minimum atomic E-state index is -0.240. The van der Waals surface area contributed by atoms with E-state index >= 15 is 0 Å². The maximum absolute atomic E-state index is 7.82. The molecule has 0 atom stereocenters.